The molecule has 4 rings (SSSR count). The average molecular weight is 450 g/mol. The Kier molecular flexibility index (Phi) is 6.51. The smallest absolute Gasteiger partial charge is 0.257 e. The van der Waals surface area contributed by atoms with Crippen LogP contribution >= 0.6 is 0 Å². The Labute approximate surface area is 194 Å². The number of nitrogens with zero attached hydrogens (tertiary/aromatic N) is 2. The van der Waals surface area contributed by atoms with Crippen LogP contribution in [0.3, 0.4) is 0 Å². The Hall–Kier alpha value is -3.19. The summed E-state index contributed by atoms with van der Waals surface area (Å²) in [6.45, 7) is 6.81. The number of amides is 3. The van der Waals surface area contributed by atoms with Gasteiger partial charge in [-0.1, -0.05) is 24.3 Å². The molecule has 1 fully saturated rings. The van der Waals surface area contributed by atoms with Gasteiger partial charge in [0.2, 0.25) is 11.8 Å². The van der Waals surface area contributed by atoms with E-state index in [-0.39, 0.29) is 30.2 Å². The van der Waals surface area contributed by atoms with Crippen molar-refractivity contribution in [3.05, 3.63) is 59.7 Å². The molecule has 2 aliphatic heterocycles. The molecule has 3 amide bonds. The van der Waals surface area contributed by atoms with Gasteiger partial charge in [-0.3, -0.25) is 19.3 Å². The van der Waals surface area contributed by atoms with Gasteiger partial charge in [-0.15, -0.1) is 0 Å². The maximum Gasteiger partial charge on any atom is 0.257 e. The van der Waals surface area contributed by atoms with E-state index in [4.69, 9.17) is 4.74 Å². The molecule has 1 saturated heterocycles. The molecule has 2 heterocycles. The summed E-state index contributed by atoms with van der Waals surface area (Å²) in [7, 11) is 0. The van der Waals surface area contributed by atoms with Gasteiger partial charge in [-0.05, 0) is 63.4 Å². The molecule has 7 nitrogen and oxygen atoms in total. The maximum atomic E-state index is 13.3. The molecule has 1 atom stereocenters. The number of nitrogens with one attached hydrogen (secondary N) is 1. The molecule has 0 saturated carbocycles. The van der Waals surface area contributed by atoms with E-state index in [0.29, 0.717) is 43.7 Å². The molecule has 2 aliphatic rings. The minimum Gasteiger partial charge on any atom is -0.374 e. The number of benzene rings is 2. The minimum atomic E-state index is -0.691. The Balaban J connectivity index is 1.38. The molecule has 1 unspecified atom stereocenters. The van der Waals surface area contributed by atoms with E-state index >= 15 is 0 Å². The second-order valence-electron chi connectivity index (χ2n) is 9.13. The van der Waals surface area contributed by atoms with E-state index in [1.54, 1.807) is 15.9 Å². The number of fused-ring (bicyclic) bond motifs is 3. The summed E-state index contributed by atoms with van der Waals surface area (Å²) in [6.07, 6.45) is 1.92. The van der Waals surface area contributed by atoms with Crippen LogP contribution < -0.4 is 10.2 Å². The Morgan fingerprint density at radius 2 is 1.94 bits per heavy atom. The number of rotatable bonds is 8. The predicted octanol–water partition coefficient (Wildman–Crippen LogP) is 4.33. The van der Waals surface area contributed by atoms with Crippen LogP contribution in [-0.2, 0) is 20.9 Å². The zero-order valence-corrected chi connectivity index (χ0v) is 19.5. The summed E-state index contributed by atoms with van der Waals surface area (Å²) < 4.78 is 5.63. The summed E-state index contributed by atoms with van der Waals surface area (Å²) in [4.78, 5) is 42.0. The molecule has 2 aromatic rings. The van der Waals surface area contributed by atoms with Crippen molar-refractivity contribution in [2.45, 2.75) is 64.8 Å². The standard InChI is InChI=1S/C26H31N3O4/c1-18(2)33-17-19-8-6-9-20(16-19)27-23(30)12-7-15-28-25(32)21-10-4-5-11-22(21)29-24(31)13-14-26(28,29)3/h4-6,8-11,16,18H,7,12-15,17H2,1-3H3,(H,27,30). The van der Waals surface area contributed by atoms with Crippen molar-refractivity contribution in [2.75, 3.05) is 16.8 Å². The van der Waals surface area contributed by atoms with Gasteiger partial charge < -0.3 is 15.0 Å². The van der Waals surface area contributed by atoms with Crippen LogP contribution in [0.5, 0.6) is 0 Å². The van der Waals surface area contributed by atoms with E-state index in [0.717, 1.165) is 11.3 Å². The number of carbonyl (C=O) groups excluding carboxylic acids is 3. The van der Waals surface area contributed by atoms with E-state index in [1.165, 1.54) is 0 Å². The zero-order valence-electron chi connectivity index (χ0n) is 19.5. The van der Waals surface area contributed by atoms with E-state index in [1.807, 2.05) is 63.2 Å². The van der Waals surface area contributed by atoms with Crippen molar-refractivity contribution in [1.29, 1.82) is 0 Å². The summed E-state index contributed by atoms with van der Waals surface area (Å²) in [5.41, 5.74) is 2.26. The number of hydrogen-bond donors (Lipinski definition) is 1. The van der Waals surface area contributed by atoms with Crippen molar-refractivity contribution in [1.82, 2.24) is 4.90 Å². The topological polar surface area (TPSA) is 79.0 Å². The number of anilines is 2. The summed E-state index contributed by atoms with van der Waals surface area (Å²) in [6, 6.07) is 14.9. The quantitative estimate of drug-likeness (QED) is 0.651. The van der Waals surface area contributed by atoms with Crippen molar-refractivity contribution in [3.8, 4) is 0 Å². The first-order valence-electron chi connectivity index (χ1n) is 11.5. The number of hydrogen-bond acceptors (Lipinski definition) is 4. The number of ether oxygens (including phenoxy) is 1. The molecule has 0 aromatic heterocycles. The zero-order chi connectivity index (χ0) is 23.6. The molecule has 1 N–H and O–H groups in total. The van der Waals surface area contributed by atoms with Crippen molar-refractivity contribution < 1.29 is 19.1 Å². The fraction of sp³-hybridized carbons (Fsp3) is 0.423. The third-order valence-electron chi connectivity index (χ3n) is 6.33. The van der Waals surface area contributed by atoms with Gasteiger partial charge in [0.05, 0.1) is 24.0 Å². The molecule has 0 bridgehead atoms. The van der Waals surface area contributed by atoms with Gasteiger partial charge in [0.1, 0.15) is 5.66 Å². The van der Waals surface area contributed by atoms with Crippen LogP contribution in [0.2, 0.25) is 0 Å². The van der Waals surface area contributed by atoms with Crippen molar-refractivity contribution in [3.63, 3.8) is 0 Å². The van der Waals surface area contributed by atoms with Crippen LogP contribution in [0.1, 0.15) is 62.4 Å². The maximum absolute atomic E-state index is 13.3. The molecule has 0 spiro atoms. The monoisotopic (exact) mass is 449 g/mol. The molecule has 0 radical (unpaired) electrons. The molecule has 7 heteroatoms. The van der Waals surface area contributed by atoms with Crippen molar-refractivity contribution in [2.24, 2.45) is 0 Å². The first-order valence-corrected chi connectivity index (χ1v) is 11.5. The Bertz CT molecular complexity index is 1070. The van der Waals surface area contributed by atoms with E-state index < -0.39 is 5.66 Å². The fourth-order valence-corrected chi connectivity index (χ4v) is 4.66. The molecule has 0 aliphatic carbocycles. The van der Waals surface area contributed by atoms with Gasteiger partial charge >= 0.3 is 0 Å². The number of carbonyl (C=O) groups is 3. The molecular weight excluding hydrogens is 418 g/mol. The van der Waals surface area contributed by atoms with Crippen LogP contribution in [0, 0.1) is 0 Å². The second kappa shape index (κ2) is 9.35. The Morgan fingerprint density at radius 1 is 1.15 bits per heavy atom. The van der Waals surface area contributed by atoms with Crippen LogP contribution in [0.25, 0.3) is 0 Å². The Morgan fingerprint density at radius 3 is 2.73 bits per heavy atom. The largest absolute Gasteiger partial charge is 0.374 e. The summed E-state index contributed by atoms with van der Waals surface area (Å²) >= 11 is 0. The van der Waals surface area contributed by atoms with Gasteiger partial charge in [-0.2, -0.15) is 0 Å². The van der Waals surface area contributed by atoms with Crippen LogP contribution in [0.4, 0.5) is 11.4 Å². The van der Waals surface area contributed by atoms with Gasteiger partial charge in [-0.25, -0.2) is 0 Å². The third-order valence-corrected chi connectivity index (χ3v) is 6.33. The first-order chi connectivity index (χ1) is 15.8. The lowest BCUT2D eigenvalue weighted by Gasteiger charge is -2.48. The third kappa shape index (κ3) is 4.64. The molecular formula is C26H31N3O4. The second-order valence-corrected chi connectivity index (χ2v) is 9.13. The molecule has 2 aromatic carbocycles. The average Bonchev–Trinajstić information content (AvgIpc) is 3.10. The lowest BCUT2D eigenvalue weighted by Crippen LogP contribution is -2.62. The van der Waals surface area contributed by atoms with Gasteiger partial charge in [0, 0.05) is 25.1 Å². The highest BCUT2D eigenvalue weighted by Gasteiger charge is 2.52. The molecule has 174 valence electrons. The number of para-hydroxylation sites is 1. The van der Waals surface area contributed by atoms with Gasteiger partial charge in [0.25, 0.3) is 5.91 Å². The summed E-state index contributed by atoms with van der Waals surface area (Å²) in [5, 5.41) is 2.93. The highest BCUT2D eigenvalue weighted by molar-refractivity contribution is 6.10. The molecule has 33 heavy (non-hydrogen) atoms. The van der Waals surface area contributed by atoms with E-state index in [2.05, 4.69) is 5.32 Å². The lowest BCUT2D eigenvalue weighted by atomic mass is 9.98. The van der Waals surface area contributed by atoms with Gasteiger partial charge in [0.15, 0.2) is 0 Å². The normalized spacial score (nSPS) is 19.6. The minimum absolute atomic E-state index is 0.0292. The first kappa shape index (κ1) is 23.0. The van der Waals surface area contributed by atoms with Crippen LogP contribution in [0.15, 0.2) is 48.5 Å². The fourth-order valence-electron chi connectivity index (χ4n) is 4.66. The van der Waals surface area contributed by atoms with E-state index in [9.17, 15) is 14.4 Å². The highest BCUT2D eigenvalue weighted by atomic mass is 16.5. The summed E-state index contributed by atoms with van der Waals surface area (Å²) in [5.74, 6) is -0.162. The lowest BCUT2D eigenvalue weighted by molar-refractivity contribution is -0.118. The highest BCUT2D eigenvalue weighted by Crippen LogP contribution is 2.44. The predicted molar refractivity (Wildman–Crippen MR) is 127 cm³/mol. The SMILES string of the molecule is CC(C)OCc1cccc(NC(=O)CCCN2C(=O)c3ccccc3N3C(=O)CCC23C)c1. The van der Waals surface area contributed by atoms with Crippen LogP contribution in [-0.4, -0.2) is 40.9 Å². The van der Waals surface area contributed by atoms with Crippen molar-refractivity contribution >= 4 is 29.1 Å².